The van der Waals surface area contributed by atoms with E-state index >= 15 is 0 Å². The van der Waals surface area contributed by atoms with Crippen molar-refractivity contribution < 1.29 is 9.26 Å². The minimum atomic E-state index is 0.658. The van der Waals surface area contributed by atoms with Gasteiger partial charge in [-0.05, 0) is 37.1 Å². The molecule has 16 heavy (non-hydrogen) atoms. The van der Waals surface area contributed by atoms with Gasteiger partial charge in [-0.15, -0.1) is 0 Å². The molecule has 1 aliphatic heterocycles. The third-order valence-corrected chi connectivity index (χ3v) is 2.83. The molecule has 0 unspecified atom stereocenters. The number of halogens is 1. The van der Waals surface area contributed by atoms with E-state index in [1.54, 1.807) is 6.07 Å². The molecule has 0 radical (unpaired) electrons. The highest BCUT2D eigenvalue weighted by atomic mass is 35.5. The second kappa shape index (κ2) is 3.83. The highest BCUT2D eigenvalue weighted by molar-refractivity contribution is 6.31. The Morgan fingerprint density at radius 2 is 2.25 bits per heavy atom. The maximum absolute atomic E-state index is 5.89. The van der Waals surface area contributed by atoms with Crippen LogP contribution in [-0.2, 0) is 4.74 Å². The predicted octanol–water partition coefficient (Wildman–Crippen LogP) is 3.63. The monoisotopic (exact) mass is 235 g/mol. The fourth-order valence-electron chi connectivity index (χ4n) is 1.81. The van der Waals surface area contributed by atoms with Crippen LogP contribution >= 0.6 is 11.6 Å². The van der Waals surface area contributed by atoms with Gasteiger partial charge in [0.1, 0.15) is 5.52 Å². The van der Waals surface area contributed by atoms with Crippen LogP contribution in [0.1, 0.15) is 18.6 Å². The number of hydrogen-bond acceptors (Lipinski definition) is 3. The van der Waals surface area contributed by atoms with E-state index in [1.165, 1.54) is 0 Å². The first-order chi connectivity index (χ1) is 7.84. The van der Waals surface area contributed by atoms with Crippen LogP contribution in [0.5, 0.6) is 0 Å². The summed E-state index contributed by atoms with van der Waals surface area (Å²) in [5.74, 6) is 1.49. The number of hydrogen-bond donors (Lipinski definition) is 0. The molecule has 0 spiro atoms. The highest BCUT2D eigenvalue weighted by Gasteiger charge is 2.16. The predicted molar refractivity (Wildman–Crippen MR) is 62.2 cm³/mol. The van der Waals surface area contributed by atoms with Crippen LogP contribution in [0.2, 0.25) is 5.02 Å². The Kier molecular flexibility index (Phi) is 2.33. The highest BCUT2D eigenvalue weighted by Crippen LogP contribution is 2.29. The number of fused-ring (bicyclic) bond motifs is 1. The molecule has 0 saturated heterocycles. The van der Waals surface area contributed by atoms with Crippen molar-refractivity contribution in [2.45, 2.75) is 12.8 Å². The second-order valence-corrected chi connectivity index (χ2v) is 4.17. The summed E-state index contributed by atoms with van der Waals surface area (Å²) in [5, 5.41) is 5.57. The molecule has 0 aliphatic carbocycles. The first-order valence-corrected chi connectivity index (χ1v) is 5.61. The van der Waals surface area contributed by atoms with Gasteiger partial charge in [-0.25, -0.2) is 0 Å². The zero-order chi connectivity index (χ0) is 11.0. The maximum Gasteiger partial charge on any atom is 0.208 e. The standard InChI is InChI=1S/C12H10ClNO2/c13-8-4-5-9-10(7-8)14-16-12(9)11-3-1-2-6-15-11/h3-5,7H,1-2,6H2. The smallest absolute Gasteiger partial charge is 0.208 e. The van der Waals surface area contributed by atoms with E-state index in [0.717, 1.165) is 36.1 Å². The fourth-order valence-corrected chi connectivity index (χ4v) is 1.98. The lowest BCUT2D eigenvalue weighted by atomic mass is 10.1. The van der Waals surface area contributed by atoms with Gasteiger partial charge in [-0.1, -0.05) is 16.8 Å². The lowest BCUT2D eigenvalue weighted by molar-refractivity contribution is 0.245. The quantitative estimate of drug-likeness (QED) is 0.757. The van der Waals surface area contributed by atoms with Crippen LogP contribution in [0, 0.1) is 0 Å². The van der Waals surface area contributed by atoms with Gasteiger partial charge in [0, 0.05) is 5.02 Å². The third-order valence-electron chi connectivity index (χ3n) is 2.60. The molecule has 1 aromatic heterocycles. The van der Waals surface area contributed by atoms with Gasteiger partial charge in [-0.3, -0.25) is 0 Å². The minimum Gasteiger partial charge on any atom is -0.490 e. The Balaban J connectivity index is 2.13. The maximum atomic E-state index is 5.89. The van der Waals surface area contributed by atoms with Crippen molar-refractivity contribution in [3.05, 3.63) is 35.1 Å². The number of rotatable bonds is 1. The summed E-state index contributed by atoms with van der Waals surface area (Å²) < 4.78 is 10.9. The SMILES string of the molecule is Clc1ccc2c(C3=CCCCO3)onc2c1. The molecular formula is C12H10ClNO2. The average Bonchev–Trinajstić information content (AvgIpc) is 2.73. The summed E-state index contributed by atoms with van der Waals surface area (Å²) in [6, 6.07) is 5.52. The summed E-state index contributed by atoms with van der Waals surface area (Å²) >= 11 is 5.89. The Labute approximate surface area is 97.6 Å². The molecule has 0 bridgehead atoms. The van der Waals surface area contributed by atoms with Gasteiger partial charge in [0.15, 0.2) is 5.76 Å². The van der Waals surface area contributed by atoms with E-state index in [-0.39, 0.29) is 0 Å². The van der Waals surface area contributed by atoms with Crippen LogP contribution < -0.4 is 0 Å². The van der Waals surface area contributed by atoms with Crippen molar-refractivity contribution in [3.8, 4) is 0 Å². The Hall–Kier alpha value is -1.48. The molecule has 0 atom stereocenters. The van der Waals surface area contributed by atoms with Crippen molar-refractivity contribution in [1.29, 1.82) is 0 Å². The number of allylic oxidation sites excluding steroid dienone is 1. The van der Waals surface area contributed by atoms with Gasteiger partial charge >= 0.3 is 0 Å². The van der Waals surface area contributed by atoms with Gasteiger partial charge in [0.25, 0.3) is 0 Å². The van der Waals surface area contributed by atoms with Crippen molar-refractivity contribution in [2.75, 3.05) is 6.61 Å². The summed E-state index contributed by atoms with van der Waals surface area (Å²) in [6.07, 6.45) is 4.12. The number of nitrogens with zero attached hydrogens (tertiary/aromatic N) is 1. The van der Waals surface area contributed by atoms with Crippen molar-refractivity contribution >= 4 is 28.3 Å². The van der Waals surface area contributed by atoms with E-state index in [2.05, 4.69) is 5.16 Å². The first-order valence-electron chi connectivity index (χ1n) is 5.23. The summed E-state index contributed by atoms with van der Waals surface area (Å²) in [6.45, 7) is 0.738. The van der Waals surface area contributed by atoms with Crippen molar-refractivity contribution in [2.24, 2.45) is 0 Å². The molecule has 2 aromatic rings. The van der Waals surface area contributed by atoms with Gasteiger partial charge in [0.2, 0.25) is 5.76 Å². The molecule has 2 heterocycles. The lowest BCUT2D eigenvalue weighted by Gasteiger charge is -2.12. The van der Waals surface area contributed by atoms with E-state index in [4.69, 9.17) is 20.9 Å². The first kappa shape index (κ1) is 9.73. The van der Waals surface area contributed by atoms with E-state index < -0.39 is 0 Å². The molecule has 82 valence electrons. The number of benzene rings is 1. The van der Waals surface area contributed by atoms with E-state index in [0.29, 0.717) is 10.8 Å². The fraction of sp³-hybridized carbons (Fsp3) is 0.250. The van der Waals surface area contributed by atoms with E-state index in [1.807, 2.05) is 18.2 Å². The summed E-state index contributed by atoms with van der Waals surface area (Å²) in [7, 11) is 0. The average molecular weight is 236 g/mol. The molecule has 0 saturated carbocycles. The Morgan fingerprint density at radius 3 is 3.06 bits per heavy atom. The summed E-state index contributed by atoms with van der Waals surface area (Å²) in [4.78, 5) is 0. The minimum absolute atomic E-state index is 0.658. The van der Waals surface area contributed by atoms with Crippen molar-refractivity contribution in [1.82, 2.24) is 5.16 Å². The van der Waals surface area contributed by atoms with Crippen molar-refractivity contribution in [3.63, 3.8) is 0 Å². The summed E-state index contributed by atoms with van der Waals surface area (Å²) in [5.41, 5.74) is 0.762. The normalized spacial score (nSPS) is 15.9. The molecule has 4 heteroatoms. The molecule has 3 rings (SSSR count). The number of ether oxygens (including phenoxy) is 1. The zero-order valence-corrected chi connectivity index (χ0v) is 9.33. The molecule has 0 amide bonds. The van der Waals surface area contributed by atoms with Crippen LogP contribution in [0.25, 0.3) is 16.7 Å². The third kappa shape index (κ3) is 1.57. The van der Waals surface area contributed by atoms with E-state index in [9.17, 15) is 0 Å². The van der Waals surface area contributed by atoms with Gasteiger partial charge in [0.05, 0.1) is 12.0 Å². The van der Waals surface area contributed by atoms with Crippen LogP contribution in [0.3, 0.4) is 0 Å². The van der Waals surface area contributed by atoms with Crippen LogP contribution in [-0.4, -0.2) is 11.8 Å². The molecule has 0 fully saturated rings. The zero-order valence-electron chi connectivity index (χ0n) is 8.57. The van der Waals surface area contributed by atoms with Crippen LogP contribution in [0.4, 0.5) is 0 Å². The lowest BCUT2D eigenvalue weighted by Crippen LogP contribution is -1.99. The molecule has 0 N–H and O–H groups in total. The van der Waals surface area contributed by atoms with Gasteiger partial charge in [-0.2, -0.15) is 0 Å². The Bertz CT molecular complexity index is 559. The molecule has 1 aliphatic rings. The largest absolute Gasteiger partial charge is 0.490 e. The Morgan fingerprint density at radius 1 is 1.31 bits per heavy atom. The molecule has 3 nitrogen and oxygen atoms in total. The van der Waals surface area contributed by atoms with Crippen LogP contribution in [0.15, 0.2) is 28.8 Å². The number of aromatic nitrogens is 1. The molecule has 1 aromatic carbocycles. The van der Waals surface area contributed by atoms with Gasteiger partial charge < -0.3 is 9.26 Å². The topological polar surface area (TPSA) is 35.3 Å². The second-order valence-electron chi connectivity index (χ2n) is 3.73. The molecular weight excluding hydrogens is 226 g/mol.